The molecule has 0 aromatic carbocycles. The van der Waals surface area contributed by atoms with Crippen LogP contribution in [0.1, 0.15) is 40.5 Å². The number of hydrogen-bond donors (Lipinski definition) is 4. The van der Waals surface area contributed by atoms with Gasteiger partial charge in [-0.2, -0.15) is 18.4 Å². The van der Waals surface area contributed by atoms with Crippen molar-refractivity contribution in [1.29, 1.82) is 5.26 Å². The van der Waals surface area contributed by atoms with Crippen LogP contribution in [-0.4, -0.2) is 77.0 Å². The van der Waals surface area contributed by atoms with E-state index in [0.717, 1.165) is 4.90 Å². The maximum Gasteiger partial charge on any atom is 0.471 e. The number of amides is 5. The maximum atomic E-state index is 13.5. The van der Waals surface area contributed by atoms with Crippen LogP contribution in [0.4, 0.5) is 13.2 Å². The topological polar surface area (TPSA) is 169 Å². The van der Waals surface area contributed by atoms with Gasteiger partial charge < -0.3 is 20.6 Å². The average Bonchev–Trinajstić information content (AvgIpc) is 3.11. The quantitative estimate of drug-likeness (QED) is 0.310. The van der Waals surface area contributed by atoms with Gasteiger partial charge in [0.05, 0.1) is 18.6 Å². The summed E-state index contributed by atoms with van der Waals surface area (Å²) in [7, 11) is 0. The van der Waals surface area contributed by atoms with Crippen LogP contribution >= 0.6 is 0 Å². The van der Waals surface area contributed by atoms with Crippen molar-refractivity contribution in [2.75, 3.05) is 13.2 Å². The van der Waals surface area contributed by atoms with E-state index < -0.39 is 71.8 Å². The third-order valence-electron chi connectivity index (χ3n) is 7.79. The number of fused-ring (bicyclic) bond motifs is 1. The Morgan fingerprint density at radius 2 is 1.86 bits per heavy atom. The van der Waals surface area contributed by atoms with E-state index in [4.69, 9.17) is 0 Å². The van der Waals surface area contributed by atoms with E-state index in [2.05, 4.69) is 10.6 Å². The Balaban J connectivity index is 1.83. The molecule has 3 fully saturated rings. The first kappa shape index (κ1) is 28.4. The lowest BCUT2D eigenvalue weighted by Gasteiger charge is -2.38. The van der Waals surface area contributed by atoms with Crippen molar-refractivity contribution >= 4 is 29.5 Å². The summed E-state index contributed by atoms with van der Waals surface area (Å²) in [4.78, 5) is 63.0. The molecule has 0 spiro atoms. The van der Waals surface area contributed by atoms with Crippen LogP contribution in [0.3, 0.4) is 0 Å². The molecule has 1 saturated carbocycles. The van der Waals surface area contributed by atoms with Crippen molar-refractivity contribution in [3.8, 4) is 6.07 Å². The van der Waals surface area contributed by atoms with Gasteiger partial charge >= 0.3 is 12.1 Å². The molecule has 204 valence electrons. The SMILES string of the molecule is CC(C)(CO)[C@H](NC(=O)C(F)(F)F)C(=O)N1C[C@H]2[C@@H]([C@H]1C(=O)N[C@H](C#N)C[C@@H]1CC(=O)NC1=O)C2(C)C. The first-order chi connectivity index (χ1) is 16.9. The number of carbonyl (C=O) groups excluding carboxylic acids is 5. The molecule has 3 aliphatic rings. The summed E-state index contributed by atoms with van der Waals surface area (Å²) in [5.74, 6) is -6.42. The highest BCUT2D eigenvalue weighted by Gasteiger charge is 2.70. The highest BCUT2D eigenvalue weighted by molar-refractivity contribution is 6.03. The lowest BCUT2D eigenvalue weighted by atomic mass is 9.83. The number of hydrogen-bond acceptors (Lipinski definition) is 7. The van der Waals surface area contributed by atoms with Crippen LogP contribution in [0.25, 0.3) is 0 Å². The Morgan fingerprint density at radius 1 is 1.24 bits per heavy atom. The standard InChI is InChI=1S/C23H30F3N5O6/c1-21(2,9-32)16(30-20(37)23(24,25)26)19(36)31-8-12-14(22(12,3)4)15(31)18(35)28-11(7-27)5-10-6-13(33)29-17(10)34/h10-12,14-16,32H,5-6,8-9H2,1-4H3,(H,28,35)(H,30,37)(H,29,33,34)/t10-,11+,12+,14+,15+,16-/m1/s1. The number of nitrogens with zero attached hydrogens (tertiary/aromatic N) is 2. The maximum absolute atomic E-state index is 13.5. The van der Waals surface area contributed by atoms with Crippen molar-refractivity contribution in [3.63, 3.8) is 0 Å². The fraction of sp³-hybridized carbons (Fsp3) is 0.739. The van der Waals surface area contributed by atoms with Crippen LogP contribution in [0.5, 0.6) is 0 Å². The second kappa shape index (κ2) is 9.59. The molecule has 6 atom stereocenters. The highest BCUT2D eigenvalue weighted by atomic mass is 19.4. The second-order valence-electron chi connectivity index (χ2n) is 11.2. The van der Waals surface area contributed by atoms with Crippen molar-refractivity contribution < 1.29 is 42.3 Å². The van der Waals surface area contributed by atoms with E-state index in [-0.39, 0.29) is 36.6 Å². The number of piperidine rings is 1. The van der Waals surface area contributed by atoms with Crippen LogP contribution < -0.4 is 16.0 Å². The van der Waals surface area contributed by atoms with Gasteiger partial charge in [-0.15, -0.1) is 0 Å². The second-order valence-corrected chi connectivity index (χ2v) is 11.2. The minimum absolute atomic E-state index is 0.0330. The Morgan fingerprint density at radius 3 is 2.35 bits per heavy atom. The Labute approximate surface area is 211 Å². The molecular formula is C23H30F3N5O6. The number of aliphatic hydroxyl groups is 1. The number of halogens is 3. The summed E-state index contributed by atoms with van der Waals surface area (Å²) in [6, 6.07) is -2.24. The number of nitrogens with one attached hydrogen (secondary N) is 3. The molecule has 0 aromatic rings. The zero-order valence-corrected chi connectivity index (χ0v) is 20.8. The van der Waals surface area contributed by atoms with Gasteiger partial charge in [-0.05, 0) is 23.7 Å². The minimum Gasteiger partial charge on any atom is -0.396 e. The van der Waals surface area contributed by atoms with Crippen LogP contribution in [-0.2, 0) is 24.0 Å². The average molecular weight is 530 g/mol. The van der Waals surface area contributed by atoms with Gasteiger partial charge in [-0.25, -0.2) is 0 Å². The molecule has 14 heteroatoms. The van der Waals surface area contributed by atoms with Gasteiger partial charge in [0.2, 0.25) is 23.6 Å². The summed E-state index contributed by atoms with van der Waals surface area (Å²) in [5.41, 5.74) is -1.87. The minimum atomic E-state index is -5.27. The van der Waals surface area contributed by atoms with Crippen molar-refractivity contribution in [2.45, 2.75) is 64.8 Å². The van der Waals surface area contributed by atoms with Crippen molar-refractivity contribution in [2.24, 2.45) is 28.6 Å². The molecule has 2 saturated heterocycles. The van der Waals surface area contributed by atoms with Gasteiger partial charge in [-0.1, -0.05) is 27.7 Å². The zero-order chi connectivity index (χ0) is 28.1. The van der Waals surface area contributed by atoms with Crippen LogP contribution in [0.15, 0.2) is 0 Å². The number of nitriles is 1. The van der Waals surface area contributed by atoms with E-state index in [1.54, 1.807) is 5.32 Å². The zero-order valence-electron chi connectivity index (χ0n) is 20.8. The Hall–Kier alpha value is -3.21. The van der Waals surface area contributed by atoms with E-state index in [1.807, 2.05) is 19.9 Å². The fourth-order valence-electron chi connectivity index (χ4n) is 5.36. The van der Waals surface area contributed by atoms with Crippen molar-refractivity contribution in [1.82, 2.24) is 20.9 Å². The number of rotatable bonds is 8. The van der Waals surface area contributed by atoms with Crippen LogP contribution in [0.2, 0.25) is 0 Å². The summed E-state index contributed by atoms with van der Waals surface area (Å²) >= 11 is 0. The monoisotopic (exact) mass is 529 g/mol. The molecule has 5 amide bonds. The molecule has 2 aliphatic heterocycles. The van der Waals surface area contributed by atoms with E-state index in [1.165, 1.54) is 13.8 Å². The largest absolute Gasteiger partial charge is 0.471 e. The number of carbonyl (C=O) groups is 5. The molecule has 2 heterocycles. The van der Waals surface area contributed by atoms with E-state index in [0.29, 0.717) is 0 Å². The molecule has 0 radical (unpaired) electrons. The first-order valence-electron chi connectivity index (χ1n) is 11.8. The summed E-state index contributed by atoms with van der Waals surface area (Å²) in [5, 5.41) is 25.6. The van der Waals surface area contributed by atoms with Gasteiger partial charge in [0.15, 0.2) is 0 Å². The van der Waals surface area contributed by atoms with Gasteiger partial charge in [0.25, 0.3) is 0 Å². The predicted octanol–water partition coefficient (Wildman–Crippen LogP) is -0.404. The smallest absolute Gasteiger partial charge is 0.396 e. The van der Waals surface area contributed by atoms with Gasteiger partial charge in [0, 0.05) is 18.4 Å². The third-order valence-corrected chi connectivity index (χ3v) is 7.79. The Kier molecular flexibility index (Phi) is 7.35. The Bertz CT molecular complexity index is 1050. The third kappa shape index (κ3) is 5.41. The number of imide groups is 1. The normalized spacial score (nSPS) is 28.0. The first-order valence-corrected chi connectivity index (χ1v) is 11.8. The number of aliphatic hydroxyl groups excluding tert-OH is 1. The molecule has 0 aromatic heterocycles. The summed E-state index contributed by atoms with van der Waals surface area (Å²) in [6.45, 7) is 5.67. The fourth-order valence-corrected chi connectivity index (χ4v) is 5.36. The predicted molar refractivity (Wildman–Crippen MR) is 119 cm³/mol. The summed E-state index contributed by atoms with van der Waals surface area (Å²) in [6.07, 6.45) is -5.54. The molecule has 0 unspecified atom stereocenters. The van der Waals surface area contributed by atoms with Crippen LogP contribution in [0, 0.1) is 39.9 Å². The summed E-state index contributed by atoms with van der Waals surface area (Å²) < 4.78 is 38.9. The van der Waals surface area contributed by atoms with E-state index in [9.17, 15) is 47.5 Å². The van der Waals surface area contributed by atoms with E-state index >= 15 is 0 Å². The highest BCUT2D eigenvalue weighted by Crippen LogP contribution is 2.65. The molecule has 37 heavy (non-hydrogen) atoms. The van der Waals surface area contributed by atoms with Crippen molar-refractivity contribution in [3.05, 3.63) is 0 Å². The molecular weight excluding hydrogens is 499 g/mol. The lowest BCUT2D eigenvalue weighted by molar-refractivity contribution is -0.176. The number of alkyl halides is 3. The van der Waals surface area contributed by atoms with Gasteiger partial charge in [0.1, 0.15) is 18.1 Å². The van der Waals surface area contributed by atoms with Gasteiger partial charge in [-0.3, -0.25) is 29.3 Å². The lowest BCUT2D eigenvalue weighted by Crippen LogP contribution is -2.62. The molecule has 4 N–H and O–H groups in total. The molecule has 1 aliphatic carbocycles. The molecule has 3 rings (SSSR count). The molecule has 11 nitrogen and oxygen atoms in total. The molecule has 0 bridgehead atoms. The number of likely N-dealkylation sites (tertiary alicyclic amines) is 1.